The molecule has 168 valence electrons. The average molecular weight is 472 g/mol. The molecule has 0 saturated heterocycles. The third-order valence-electron chi connectivity index (χ3n) is 4.48. The number of anilines is 3. The van der Waals surface area contributed by atoms with Crippen molar-refractivity contribution in [1.82, 2.24) is 14.7 Å². The minimum absolute atomic E-state index is 0. The number of hydrogen-bond acceptors (Lipinski definition) is 8. The number of rotatable bonds is 7. The lowest BCUT2D eigenvalue weighted by atomic mass is 10.2. The summed E-state index contributed by atoms with van der Waals surface area (Å²) >= 11 is 0. The van der Waals surface area contributed by atoms with Crippen molar-refractivity contribution in [3.63, 3.8) is 0 Å². The van der Waals surface area contributed by atoms with Crippen LogP contribution in [-0.2, 0) is 10.0 Å². The Kier molecular flexibility index (Phi) is 7.47. The molecule has 2 N–H and O–H groups in total. The zero-order chi connectivity index (χ0) is 22.1. The topological polar surface area (TPSA) is 106 Å². The molecular formula is C19H23ClFN5O4S. The van der Waals surface area contributed by atoms with E-state index in [9.17, 15) is 12.8 Å². The van der Waals surface area contributed by atoms with Crippen molar-refractivity contribution in [2.24, 2.45) is 0 Å². The van der Waals surface area contributed by atoms with Gasteiger partial charge >= 0.3 is 0 Å². The van der Waals surface area contributed by atoms with Gasteiger partial charge in [0.05, 0.1) is 31.1 Å². The van der Waals surface area contributed by atoms with E-state index in [1.807, 2.05) is 0 Å². The quantitative estimate of drug-likeness (QED) is 0.542. The highest BCUT2D eigenvalue weighted by Crippen LogP contribution is 2.37. The Morgan fingerprint density at radius 2 is 1.68 bits per heavy atom. The van der Waals surface area contributed by atoms with E-state index in [4.69, 9.17) is 9.47 Å². The number of methoxy groups -OCH3 is 2. The van der Waals surface area contributed by atoms with Crippen molar-refractivity contribution in [3.8, 4) is 11.5 Å². The summed E-state index contributed by atoms with van der Waals surface area (Å²) in [4.78, 5) is 9.70. The third kappa shape index (κ3) is 4.73. The summed E-state index contributed by atoms with van der Waals surface area (Å²) in [5, 5.41) is 3.71. The van der Waals surface area contributed by atoms with Gasteiger partial charge in [0, 0.05) is 31.6 Å². The normalized spacial score (nSPS) is 11.0. The van der Waals surface area contributed by atoms with Crippen LogP contribution in [0.5, 0.6) is 11.5 Å². The van der Waals surface area contributed by atoms with Crippen LogP contribution in [0.25, 0.3) is 10.9 Å². The molecule has 0 bridgehead atoms. The Labute approximate surface area is 186 Å². The van der Waals surface area contributed by atoms with E-state index < -0.39 is 20.7 Å². The van der Waals surface area contributed by atoms with Gasteiger partial charge in [-0.3, -0.25) is 0 Å². The molecule has 31 heavy (non-hydrogen) atoms. The number of nitrogens with zero attached hydrogens (tertiary/aromatic N) is 3. The van der Waals surface area contributed by atoms with Crippen molar-refractivity contribution in [2.45, 2.75) is 4.90 Å². The maximum absolute atomic E-state index is 14.5. The van der Waals surface area contributed by atoms with Gasteiger partial charge in [-0.25, -0.2) is 27.5 Å². The van der Waals surface area contributed by atoms with Crippen LogP contribution in [0.2, 0.25) is 0 Å². The second-order valence-electron chi connectivity index (χ2n) is 6.47. The van der Waals surface area contributed by atoms with Crippen LogP contribution in [0.15, 0.2) is 35.5 Å². The third-order valence-corrected chi connectivity index (χ3v) is 5.91. The van der Waals surface area contributed by atoms with Gasteiger partial charge in [-0.1, -0.05) is 0 Å². The fourth-order valence-electron chi connectivity index (χ4n) is 2.94. The number of aromatic nitrogens is 2. The predicted octanol–water partition coefficient (Wildman–Crippen LogP) is 2.93. The smallest absolute Gasteiger partial charge is 0.243 e. The van der Waals surface area contributed by atoms with Crippen molar-refractivity contribution in [2.75, 3.05) is 45.6 Å². The van der Waals surface area contributed by atoms with Crippen molar-refractivity contribution in [3.05, 3.63) is 36.4 Å². The lowest BCUT2D eigenvalue weighted by Crippen LogP contribution is -2.21. The Hall–Kier alpha value is -2.89. The second kappa shape index (κ2) is 9.50. The Morgan fingerprint density at radius 1 is 1.03 bits per heavy atom. The summed E-state index contributed by atoms with van der Waals surface area (Å²) in [7, 11) is 3.70. The molecule has 0 amide bonds. The fraction of sp³-hybridized carbons (Fsp3) is 0.263. The largest absolute Gasteiger partial charge is 0.493 e. The van der Waals surface area contributed by atoms with Gasteiger partial charge in [0.15, 0.2) is 11.5 Å². The number of sulfonamides is 1. The van der Waals surface area contributed by atoms with Gasteiger partial charge in [0.2, 0.25) is 10.0 Å². The van der Waals surface area contributed by atoms with E-state index in [0.29, 0.717) is 39.6 Å². The molecule has 2 aromatic carbocycles. The summed E-state index contributed by atoms with van der Waals surface area (Å²) in [5.74, 6) is 0.516. The van der Waals surface area contributed by atoms with Crippen molar-refractivity contribution in [1.29, 1.82) is 0 Å². The molecular weight excluding hydrogens is 449 g/mol. The van der Waals surface area contributed by atoms with E-state index in [0.717, 1.165) is 6.07 Å². The molecule has 1 heterocycles. The van der Waals surface area contributed by atoms with Crippen LogP contribution in [0.4, 0.5) is 21.6 Å². The summed E-state index contributed by atoms with van der Waals surface area (Å²) in [6.45, 7) is 0. The number of halogens is 2. The van der Waals surface area contributed by atoms with E-state index in [2.05, 4.69) is 20.0 Å². The summed E-state index contributed by atoms with van der Waals surface area (Å²) in [6.07, 6.45) is 1.36. The molecule has 12 heteroatoms. The van der Waals surface area contributed by atoms with Gasteiger partial charge < -0.3 is 19.7 Å². The Balaban J connectivity index is 0.00000341. The minimum Gasteiger partial charge on any atom is -0.493 e. The number of ether oxygens (including phenoxy) is 2. The maximum atomic E-state index is 14.5. The van der Waals surface area contributed by atoms with E-state index in [1.165, 1.54) is 33.7 Å². The van der Waals surface area contributed by atoms with Gasteiger partial charge in [0.1, 0.15) is 22.9 Å². The number of fused-ring (bicyclic) bond motifs is 1. The molecule has 0 fully saturated rings. The van der Waals surface area contributed by atoms with Crippen molar-refractivity contribution >= 4 is 50.5 Å². The molecule has 0 atom stereocenters. The van der Waals surface area contributed by atoms with Crippen LogP contribution in [-0.4, -0.2) is 53.7 Å². The molecule has 0 aliphatic heterocycles. The monoisotopic (exact) mass is 471 g/mol. The van der Waals surface area contributed by atoms with Gasteiger partial charge in [-0.2, -0.15) is 0 Å². The van der Waals surface area contributed by atoms with E-state index >= 15 is 0 Å². The Morgan fingerprint density at radius 3 is 2.26 bits per heavy atom. The molecule has 3 aromatic rings. The van der Waals surface area contributed by atoms with Crippen LogP contribution in [0.3, 0.4) is 0 Å². The molecule has 0 saturated carbocycles. The first-order valence-corrected chi connectivity index (χ1v) is 10.3. The molecule has 0 radical (unpaired) electrons. The molecule has 3 rings (SSSR count). The van der Waals surface area contributed by atoms with Crippen LogP contribution in [0.1, 0.15) is 0 Å². The molecule has 0 aliphatic rings. The van der Waals surface area contributed by atoms with E-state index in [1.54, 1.807) is 31.1 Å². The van der Waals surface area contributed by atoms with Gasteiger partial charge in [-0.05, 0) is 19.2 Å². The van der Waals surface area contributed by atoms with Crippen LogP contribution < -0.4 is 24.4 Å². The predicted molar refractivity (Wildman–Crippen MR) is 120 cm³/mol. The number of benzene rings is 2. The zero-order valence-corrected chi connectivity index (χ0v) is 19.2. The Bertz CT molecular complexity index is 1210. The maximum Gasteiger partial charge on any atom is 0.243 e. The molecule has 0 unspecified atom stereocenters. The molecule has 1 aromatic heterocycles. The SMILES string of the molecule is CNS(=O)(=O)c1cc(Nc2ncnc3cc(OC)c(OC)cc23)c(N(C)C)cc1F.Cl. The molecule has 0 spiro atoms. The highest BCUT2D eigenvalue weighted by Gasteiger charge is 2.22. The summed E-state index contributed by atoms with van der Waals surface area (Å²) in [6, 6.07) is 5.79. The highest BCUT2D eigenvalue weighted by atomic mass is 35.5. The fourth-order valence-corrected chi connectivity index (χ4v) is 3.75. The lowest BCUT2D eigenvalue weighted by molar-refractivity contribution is 0.356. The molecule has 9 nitrogen and oxygen atoms in total. The average Bonchev–Trinajstić information content (AvgIpc) is 2.73. The number of hydrogen-bond donors (Lipinski definition) is 2. The standard InChI is InChI=1S/C19H22FN5O4S.ClH/c1-21-30(26,27)18-9-14(15(25(2)3)7-12(18)20)24-19-11-6-16(28-4)17(29-5)8-13(11)22-10-23-19;/h6-10,21H,1-5H3,(H,22,23,24);1H. The second-order valence-corrected chi connectivity index (χ2v) is 8.33. The van der Waals surface area contributed by atoms with Crippen LogP contribution >= 0.6 is 12.4 Å². The zero-order valence-electron chi connectivity index (χ0n) is 17.6. The number of nitrogens with one attached hydrogen (secondary N) is 2. The van der Waals surface area contributed by atoms with Crippen LogP contribution in [0, 0.1) is 5.82 Å². The highest BCUT2D eigenvalue weighted by molar-refractivity contribution is 7.89. The van der Waals surface area contributed by atoms with Crippen molar-refractivity contribution < 1.29 is 22.3 Å². The molecule has 0 aliphatic carbocycles. The van der Waals surface area contributed by atoms with Gasteiger partial charge in [-0.15, -0.1) is 12.4 Å². The summed E-state index contributed by atoms with van der Waals surface area (Å²) in [5.41, 5.74) is 1.38. The first-order valence-electron chi connectivity index (χ1n) is 8.80. The first-order chi connectivity index (χ1) is 14.2. The summed E-state index contributed by atoms with van der Waals surface area (Å²) < 4.78 is 51.8. The first kappa shape index (κ1) is 24.4. The lowest BCUT2D eigenvalue weighted by Gasteiger charge is -2.20. The minimum atomic E-state index is -4.00. The van der Waals surface area contributed by atoms with Gasteiger partial charge in [0.25, 0.3) is 0 Å². The van der Waals surface area contributed by atoms with E-state index in [-0.39, 0.29) is 12.4 Å².